The Bertz CT molecular complexity index is 286. The fourth-order valence-electron chi connectivity index (χ4n) is 1.74. The standard InChI is InChI=1S/C11H20N2O2/c1-3-13(6-7-14)10(8-12)11-5-4-9(2)15-11/h4-5,10,14H,3,6-8,12H2,1-2H3. The molecule has 0 aromatic carbocycles. The normalized spacial score (nSPS) is 13.4. The minimum Gasteiger partial charge on any atom is -0.465 e. The van der Waals surface area contributed by atoms with Gasteiger partial charge in [-0.2, -0.15) is 0 Å². The highest BCUT2D eigenvalue weighted by atomic mass is 16.3. The molecule has 0 saturated carbocycles. The van der Waals surface area contributed by atoms with Crippen LogP contribution in [0.1, 0.15) is 24.5 Å². The molecule has 0 bridgehead atoms. The molecule has 0 amide bonds. The van der Waals surface area contributed by atoms with Gasteiger partial charge in [0.15, 0.2) is 0 Å². The number of likely N-dealkylation sites (N-methyl/N-ethyl adjacent to an activating group) is 1. The summed E-state index contributed by atoms with van der Waals surface area (Å²) < 4.78 is 5.56. The predicted molar refractivity (Wildman–Crippen MR) is 59.6 cm³/mol. The van der Waals surface area contributed by atoms with E-state index in [0.29, 0.717) is 13.1 Å². The summed E-state index contributed by atoms with van der Waals surface area (Å²) in [4.78, 5) is 2.11. The molecule has 0 saturated heterocycles. The van der Waals surface area contributed by atoms with E-state index in [0.717, 1.165) is 18.1 Å². The zero-order valence-electron chi connectivity index (χ0n) is 9.44. The number of nitrogens with zero attached hydrogens (tertiary/aromatic N) is 1. The van der Waals surface area contributed by atoms with Crippen molar-refractivity contribution in [1.82, 2.24) is 4.90 Å². The Balaban J connectivity index is 2.76. The second-order valence-electron chi connectivity index (χ2n) is 3.55. The van der Waals surface area contributed by atoms with Crippen molar-refractivity contribution in [2.45, 2.75) is 19.9 Å². The number of nitrogens with two attached hydrogens (primary N) is 1. The Morgan fingerprint density at radius 1 is 1.53 bits per heavy atom. The average molecular weight is 212 g/mol. The summed E-state index contributed by atoms with van der Waals surface area (Å²) in [6.45, 7) is 6.08. The van der Waals surface area contributed by atoms with Gasteiger partial charge in [-0.25, -0.2) is 0 Å². The molecule has 1 unspecified atom stereocenters. The minimum absolute atomic E-state index is 0.0656. The number of hydrogen-bond donors (Lipinski definition) is 2. The Morgan fingerprint density at radius 3 is 2.67 bits per heavy atom. The molecule has 4 nitrogen and oxygen atoms in total. The fourth-order valence-corrected chi connectivity index (χ4v) is 1.74. The van der Waals surface area contributed by atoms with Gasteiger partial charge < -0.3 is 15.3 Å². The number of aliphatic hydroxyl groups is 1. The van der Waals surface area contributed by atoms with Gasteiger partial charge in [-0.3, -0.25) is 4.90 Å². The highest BCUT2D eigenvalue weighted by Crippen LogP contribution is 2.21. The summed E-state index contributed by atoms with van der Waals surface area (Å²) in [7, 11) is 0. The van der Waals surface area contributed by atoms with E-state index in [1.165, 1.54) is 0 Å². The van der Waals surface area contributed by atoms with Crippen molar-refractivity contribution in [3.05, 3.63) is 23.7 Å². The second kappa shape index (κ2) is 5.90. The van der Waals surface area contributed by atoms with Gasteiger partial charge in [-0.15, -0.1) is 0 Å². The van der Waals surface area contributed by atoms with Crippen LogP contribution in [-0.2, 0) is 0 Å². The summed E-state index contributed by atoms with van der Waals surface area (Å²) in [6, 6.07) is 3.95. The highest BCUT2D eigenvalue weighted by molar-refractivity contribution is 5.10. The number of hydrogen-bond acceptors (Lipinski definition) is 4. The van der Waals surface area contributed by atoms with Crippen molar-refractivity contribution in [2.24, 2.45) is 5.73 Å². The van der Waals surface area contributed by atoms with Crippen LogP contribution in [0.2, 0.25) is 0 Å². The van der Waals surface area contributed by atoms with Crippen LogP contribution in [-0.4, -0.2) is 36.2 Å². The summed E-state index contributed by atoms with van der Waals surface area (Å²) in [5.74, 6) is 1.77. The van der Waals surface area contributed by atoms with Crippen LogP contribution in [0.4, 0.5) is 0 Å². The van der Waals surface area contributed by atoms with Crippen LogP contribution in [0.3, 0.4) is 0 Å². The van der Waals surface area contributed by atoms with Gasteiger partial charge in [0.2, 0.25) is 0 Å². The summed E-state index contributed by atoms with van der Waals surface area (Å²) in [5, 5.41) is 8.95. The Hall–Kier alpha value is -0.840. The van der Waals surface area contributed by atoms with E-state index in [1.807, 2.05) is 26.0 Å². The third-order valence-corrected chi connectivity index (χ3v) is 2.55. The maximum Gasteiger partial charge on any atom is 0.122 e. The molecule has 3 N–H and O–H groups in total. The smallest absolute Gasteiger partial charge is 0.122 e. The third-order valence-electron chi connectivity index (χ3n) is 2.55. The highest BCUT2D eigenvalue weighted by Gasteiger charge is 2.19. The summed E-state index contributed by atoms with van der Waals surface area (Å²) >= 11 is 0. The van der Waals surface area contributed by atoms with Crippen molar-refractivity contribution < 1.29 is 9.52 Å². The van der Waals surface area contributed by atoms with Crippen LogP contribution < -0.4 is 5.73 Å². The third kappa shape index (κ3) is 3.06. The van der Waals surface area contributed by atoms with Crippen molar-refractivity contribution in [3.63, 3.8) is 0 Å². The first kappa shape index (κ1) is 12.2. The maximum absolute atomic E-state index is 8.95. The Morgan fingerprint density at radius 2 is 2.27 bits per heavy atom. The van der Waals surface area contributed by atoms with Gasteiger partial charge in [-0.1, -0.05) is 6.92 Å². The first-order valence-electron chi connectivity index (χ1n) is 5.34. The van der Waals surface area contributed by atoms with Gasteiger partial charge >= 0.3 is 0 Å². The van der Waals surface area contributed by atoms with Crippen LogP contribution >= 0.6 is 0 Å². The van der Waals surface area contributed by atoms with Gasteiger partial charge in [0, 0.05) is 13.1 Å². The second-order valence-corrected chi connectivity index (χ2v) is 3.55. The van der Waals surface area contributed by atoms with Crippen molar-refractivity contribution >= 4 is 0 Å². The largest absolute Gasteiger partial charge is 0.465 e. The average Bonchev–Trinajstić information content (AvgIpc) is 2.64. The van der Waals surface area contributed by atoms with E-state index >= 15 is 0 Å². The number of rotatable bonds is 6. The van der Waals surface area contributed by atoms with E-state index in [-0.39, 0.29) is 12.6 Å². The van der Waals surface area contributed by atoms with Gasteiger partial charge in [0.1, 0.15) is 11.5 Å². The molecule has 1 heterocycles. The number of aryl methyl sites for hydroxylation is 1. The van der Waals surface area contributed by atoms with E-state index in [9.17, 15) is 0 Å². The molecule has 1 aromatic rings. The fraction of sp³-hybridized carbons (Fsp3) is 0.636. The zero-order chi connectivity index (χ0) is 11.3. The minimum atomic E-state index is 0.0656. The van der Waals surface area contributed by atoms with Crippen LogP contribution in [0.5, 0.6) is 0 Å². The lowest BCUT2D eigenvalue weighted by molar-refractivity contribution is 0.145. The lowest BCUT2D eigenvalue weighted by Crippen LogP contribution is -2.35. The molecular formula is C11H20N2O2. The molecule has 0 fully saturated rings. The maximum atomic E-state index is 8.95. The summed E-state index contributed by atoms with van der Waals surface area (Å²) in [5.41, 5.74) is 5.74. The molecule has 86 valence electrons. The van der Waals surface area contributed by atoms with Crippen LogP contribution in [0.15, 0.2) is 16.5 Å². The molecule has 0 aliphatic carbocycles. The molecule has 4 heteroatoms. The van der Waals surface area contributed by atoms with Gasteiger partial charge in [0.25, 0.3) is 0 Å². The lowest BCUT2D eigenvalue weighted by Gasteiger charge is -2.27. The molecule has 0 spiro atoms. The predicted octanol–water partition coefficient (Wildman–Crippen LogP) is 0.902. The SMILES string of the molecule is CCN(CCO)C(CN)c1ccc(C)o1. The molecule has 1 atom stereocenters. The molecule has 1 aromatic heterocycles. The Labute approximate surface area is 90.7 Å². The van der Waals surface area contributed by atoms with Crippen LogP contribution in [0.25, 0.3) is 0 Å². The van der Waals surface area contributed by atoms with E-state index in [2.05, 4.69) is 4.90 Å². The number of aliphatic hydroxyl groups excluding tert-OH is 1. The van der Waals surface area contributed by atoms with E-state index < -0.39 is 0 Å². The number of furan rings is 1. The van der Waals surface area contributed by atoms with Crippen molar-refractivity contribution in [3.8, 4) is 0 Å². The van der Waals surface area contributed by atoms with E-state index in [4.69, 9.17) is 15.3 Å². The van der Waals surface area contributed by atoms with Crippen molar-refractivity contribution in [1.29, 1.82) is 0 Å². The zero-order valence-corrected chi connectivity index (χ0v) is 9.44. The quantitative estimate of drug-likeness (QED) is 0.735. The lowest BCUT2D eigenvalue weighted by atomic mass is 10.2. The van der Waals surface area contributed by atoms with Crippen molar-refractivity contribution in [2.75, 3.05) is 26.2 Å². The topological polar surface area (TPSA) is 62.6 Å². The monoisotopic (exact) mass is 212 g/mol. The summed E-state index contributed by atoms with van der Waals surface area (Å²) in [6.07, 6.45) is 0. The Kier molecular flexibility index (Phi) is 4.81. The molecule has 1 rings (SSSR count). The molecule has 15 heavy (non-hydrogen) atoms. The first-order chi connectivity index (χ1) is 7.22. The molecule has 0 aliphatic rings. The van der Waals surface area contributed by atoms with Gasteiger partial charge in [0.05, 0.1) is 12.6 Å². The first-order valence-corrected chi connectivity index (χ1v) is 5.34. The molecule has 0 aliphatic heterocycles. The van der Waals surface area contributed by atoms with Crippen LogP contribution in [0, 0.1) is 6.92 Å². The molecule has 0 radical (unpaired) electrons. The van der Waals surface area contributed by atoms with Gasteiger partial charge in [-0.05, 0) is 25.6 Å². The van der Waals surface area contributed by atoms with E-state index in [1.54, 1.807) is 0 Å². The molecular weight excluding hydrogens is 192 g/mol.